The Morgan fingerprint density at radius 2 is 1.92 bits per heavy atom. The highest BCUT2D eigenvalue weighted by atomic mass is 33.1. The topological polar surface area (TPSA) is 9.23 Å². The van der Waals surface area contributed by atoms with Gasteiger partial charge in [-0.1, -0.05) is 29.0 Å². The molecule has 0 aliphatic carbocycles. The molecule has 0 bridgehead atoms. The van der Waals surface area contributed by atoms with E-state index in [1.165, 1.54) is 16.4 Å². The predicted octanol–water partition coefficient (Wildman–Crippen LogP) is 3.51. The Balaban J connectivity index is 3.12. The minimum Gasteiger partial charge on any atom is -0.496 e. The van der Waals surface area contributed by atoms with E-state index in [1.54, 1.807) is 7.11 Å². The number of hydrogen-bond donors (Lipinski definition) is 1. The van der Waals surface area contributed by atoms with Crippen LogP contribution in [0.2, 0.25) is 0 Å². The van der Waals surface area contributed by atoms with E-state index in [2.05, 4.69) is 31.6 Å². The van der Waals surface area contributed by atoms with Crippen LogP contribution >= 0.6 is 22.5 Å². The van der Waals surface area contributed by atoms with E-state index in [9.17, 15) is 0 Å². The molecule has 0 N–H and O–H groups in total. The van der Waals surface area contributed by atoms with Crippen LogP contribution < -0.4 is 4.74 Å². The van der Waals surface area contributed by atoms with Crippen LogP contribution in [0.1, 0.15) is 19.4 Å². The molecule has 1 nitrogen and oxygen atoms in total. The molecule has 1 aromatic carbocycles. The molecular weight excluding hydrogens is 200 g/mol. The van der Waals surface area contributed by atoms with Gasteiger partial charge in [-0.15, -0.1) is 11.7 Å². The van der Waals surface area contributed by atoms with Gasteiger partial charge < -0.3 is 4.74 Å². The summed E-state index contributed by atoms with van der Waals surface area (Å²) in [5.74, 6) is 0.925. The molecule has 0 saturated heterocycles. The van der Waals surface area contributed by atoms with Crippen LogP contribution in [0.15, 0.2) is 24.3 Å². The summed E-state index contributed by atoms with van der Waals surface area (Å²) in [6, 6.07) is 8.04. The number of ether oxygens (including phenoxy) is 1. The van der Waals surface area contributed by atoms with E-state index in [1.807, 2.05) is 18.2 Å². The lowest BCUT2D eigenvalue weighted by Crippen LogP contribution is -2.11. The summed E-state index contributed by atoms with van der Waals surface area (Å²) in [6.07, 6.45) is 0. The zero-order valence-electron chi connectivity index (χ0n) is 8.07. The van der Waals surface area contributed by atoms with Crippen molar-refractivity contribution in [2.45, 2.75) is 18.6 Å². The van der Waals surface area contributed by atoms with Crippen molar-refractivity contribution in [3.05, 3.63) is 29.8 Å². The molecule has 13 heavy (non-hydrogen) atoms. The van der Waals surface area contributed by atoms with Gasteiger partial charge in [-0.05, 0) is 19.9 Å². The Labute approximate surface area is 88.7 Å². The average molecular weight is 214 g/mol. The lowest BCUT2D eigenvalue weighted by Gasteiger charge is -2.23. The molecule has 0 amide bonds. The van der Waals surface area contributed by atoms with E-state index in [4.69, 9.17) is 4.74 Å². The van der Waals surface area contributed by atoms with Crippen molar-refractivity contribution in [3.8, 4) is 5.75 Å². The monoisotopic (exact) mass is 214 g/mol. The largest absolute Gasteiger partial charge is 0.496 e. The molecule has 3 heteroatoms. The molecule has 0 atom stereocenters. The fraction of sp³-hybridized carbons (Fsp3) is 0.400. The molecule has 0 aromatic heterocycles. The summed E-state index contributed by atoms with van der Waals surface area (Å²) >= 11 is 4.26. The van der Waals surface area contributed by atoms with Crippen LogP contribution in [0, 0.1) is 0 Å². The number of rotatable bonds is 3. The second-order valence-electron chi connectivity index (χ2n) is 3.30. The van der Waals surface area contributed by atoms with Crippen molar-refractivity contribution in [1.82, 2.24) is 0 Å². The van der Waals surface area contributed by atoms with E-state index in [0.717, 1.165) is 5.75 Å². The highest BCUT2D eigenvalue weighted by Gasteiger charge is 2.23. The Bertz CT molecular complexity index is 284. The third-order valence-electron chi connectivity index (χ3n) is 1.98. The van der Waals surface area contributed by atoms with Gasteiger partial charge in [0, 0.05) is 10.3 Å². The van der Waals surface area contributed by atoms with Crippen molar-refractivity contribution in [2.75, 3.05) is 7.11 Å². The van der Waals surface area contributed by atoms with Gasteiger partial charge in [-0.3, -0.25) is 0 Å². The highest BCUT2D eigenvalue weighted by Crippen LogP contribution is 2.41. The minimum absolute atomic E-state index is 0.0181. The second kappa shape index (κ2) is 4.29. The van der Waals surface area contributed by atoms with Crippen molar-refractivity contribution in [2.24, 2.45) is 0 Å². The first-order chi connectivity index (χ1) is 6.11. The first kappa shape index (κ1) is 10.8. The average Bonchev–Trinajstić information content (AvgIpc) is 2.18. The Hall–Kier alpha value is -0.280. The molecule has 1 rings (SSSR count). The van der Waals surface area contributed by atoms with Gasteiger partial charge in [-0.2, -0.15) is 0 Å². The van der Waals surface area contributed by atoms with Crippen LogP contribution in [-0.2, 0) is 4.75 Å². The molecule has 0 saturated carbocycles. The number of hydrogen-bond acceptors (Lipinski definition) is 3. The van der Waals surface area contributed by atoms with Crippen molar-refractivity contribution < 1.29 is 4.74 Å². The lowest BCUT2D eigenvalue weighted by molar-refractivity contribution is 0.406. The van der Waals surface area contributed by atoms with Gasteiger partial charge in [-0.25, -0.2) is 0 Å². The maximum atomic E-state index is 5.29. The van der Waals surface area contributed by atoms with Crippen molar-refractivity contribution in [1.29, 1.82) is 0 Å². The molecule has 0 aliphatic heterocycles. The molecule has 0 fully saturated rings. The van der Waals surface area contributed by atoms with Gasteiger partial charge in [0.2, 0.25) is 0 Å². The number of para-hydroxylation sites is 1. The summed E-state index contributed by atoms with van der Waals surface area (Å²) in [4.78, 5) is 0. The molecule has 0 aliphatic rings. The first-order valence-electron chi connectivity index (χ1n) is 4.08. The summed E-state index contributed by atoms with van der Waals surface area (Å²) in [5.41, 5.74) is 1.18. The summed E-state index contributed by atoms with van der Waals surface area (Å²) < 4.78 is 5.27. The van der Waals surface area contributed by atoms with E-state index in [0.29, 0.717) is 0 Å². The zero-order chi connectivity index (χ0) is 9.90. The summed E-state index contributed by atoms with van der Waals surface area (Å²) in [7, 11) is 3.22. The fourth-order valence-electron chi connectivity index (χ4n) is 1.19. The van der Waals surface area contributed by atoms with Gasteiger partial charge in [0.25, 0.3) is 0 Å². The third-order valence-corrected chi connectivity index (χ3v) is 4.03. The zero-order valence-corrected chi connectivity index (χ0v) is 9.78. The van der Waals surface area contributed by atoms with Gasteiger partial charge in [0.15, 0.2) is 0 Å². The number of thiol groups is 1. The van der Waals surface area contributed by atoms with Crippen LogP contribution in [0.5, 0.6) is 5.75 Å². The summed E-state index contributed by atoms with van der Waals surface area (Å²) in [6.45, 7) is 4.26. The molecule has 0 radical (unpaired) electrons. The first-order valence-corrected chi connectivity index (χ1v) is 5.95. The van der Waals surface area contributed by atoms with Crippen LogP contribution in [-0.4, -0.2) is 7.11 Å². The van der Waals surface area contributed by atoms with Gasteiger partial charge in [0.1, 0.15) is 5.75 Å². The molecule has 0 unspecified atom stereocenters. The van der Waals surface area contributed by atoms with Gasteiger partial charge in [0.05, 0.1) is 7.11 Å². The second-order valence-corrected chi connectivity index (χ2v) is 5.05. The molecule has 72 valence electrons. The Morgan fingerprint density at radius 1 is 1.31 bits per heavy atom. The van der Waals surface area contributed by atoms with E-state index >= 15 is 0 Å². The van der Waals surface area contributed by atoms with E-state index < -0.39 is 0 Å². The lowest BCUT2D eigenvalue weighted by atomic mass is 10.0. The fourth-order valence-corrected chi connectivity index (χ4v) is 1.75. The Kier molecular flexibility index (Phi) is 3.56. The smallest absolute Gasteiger partial charge is 0.123 e. The van der Waals surface area contributed by atoms with Crippen molar-refractivity contribution in [3.63, 3.8) is 0 Å². The Morgan fingerprint density at radius 3 is 2.46 bits per heavy atom. The predicted molar refractivity (Wildman–Crippen MR) is 62.6 cm³/mol. The maximum Gasteiger partial charge on any atom is 0.123 e. The van der Waals surface area contributed by atoms with E-state index in [-0.39, 0.29) is 4.75 Å². The third kappa shape index (κ3) is 2.35. The number of benzene rings is 1. The molecule has 1 aromatic rings. The van der Waals surface area contributed by atoms with Crippen molar-refractivity contribution >= 4 is 22.5 Å². The van der Waals surface area contributed by atoms with Crippen LogP contribution in [0.3, 0.4) is 0 Å². The highest BCUT2D eigenvalue weighted by molar-refractivity contribution is 8.69. The quantitative estimate of drug-likeness (QED) is 0.609. The van der Waals surface area contributed by atoms with Gasteiger partial charge >= 0.3 is 0 Å². The molecule has 0 heterocycles. The maximum absolute atomic E-state index is 5.29. The SMILES string of the molecule is COc1ccccc1C(C)(C)SS. The van der Waals surface area contributed by atoms with Crippen LogP contribution in [0.25, 0.3) is 0 Å². The minimum atomic E-state index is -0.0181. The van der Waals surface area contributed by atoms with Crippen LogP contribution in [0.4, 0.5) is 0 Å². The molecule has 0 spiro atoms. The standard InChI is InChI=1S/C10H14OS2/c1-10(2,13-12)8-6-4-5-7-9(8)11-3/h4-7,12H,1-3H3. The normalized spacial score (nSPS) is 11.4. The number of methoxy groups -OCH3 is 1. The molecular formula is C10H14OS2. The summed E-state index contributed by atoms with van der Waals surface area (Å²) in [5, 5.41) is 0.